The molecule has 24 heavy (non-hydrogen) atoms. The van der Waals surface area contributed by atoms with Crippen molar-refractivity contribution in [2.75, 3.05) is 11.0 Å². The predicted molar refractivity (Wildman–Crippen MR) is 91.0 cm³/mol. The van der Waals surface area contributed by atoms with Gasteiger partial charge in [0.1, 0.15) is 5.76 Å². The van der Waals surface area contributed by atoms with Crippen molar-refractivity contribution in [3.63, 3.8) is 0 Å². The second kappa shape index (κ2) is 6.32. The van der Waals surface area contributed by atoms with Crippen LogP contribution in [0.3, 0.4) is 0 Å². The Hall–Kier alpha value is -2.28. The number of carbonyl (C=O) groups excluding carboxylic acids is 1. The topological polar surface area (TPSA) is 88.4 Å². The minimum absolute atomic E-state index is 0.0195. The smallest absolute Gasteiger partial charge is 0.231 e. The molecule has 2 aromatic rings. The predicted octanol–water partition coefficient (Wildman–Crippen LogP) is 2.39. The highest BCUT2D eigenvalue weighted by Gasteiger charge is 2.45. The number of amides is 1. The third kappa shape index (κ3) is 3.46. The first-order valence-corrected chi connectivity index (χ1v) is 9.67. The Labute approximate surface area is 141 Å². The van der Waals surface area contributed by atoms with E-state index in [-0.39, 0.29) is 5.91 Å². The molecule has 0 saturated heterocycles. The van der Waals surface area contributed by atoms with Gasteiger partial charge in [-0.2, -0.15) is 0 Å². The molecule has 1 heterocycles. The van der Waals surface area contributed by atoms with E-state index in [1.165, 1.54) is 0 Å². The zero-order valence-electron chi connectivity index (χ0n) is 13.4. The largest absolute Gasteiger partial charge is 0.467 e. The summed E-state index contributed by atoms with van der Waals surface area (Å²) in [5.41, 5.74) is 0.868. The van der Waals surface area contributed by atoms with Crippen LogP contribution in [0.2, 0.25) is 0 Å². The molecule has 6 nitrogen and oxygen atoms in total. The number of nitrogens with one attached hydrogen (secondary N) is 2. The number of rotatable bonds is 6. The van der Waals surface area contributed by atoms with Gasteiger partial charge in [-0.15, -0.1) is 0 Å². The monoisotopic (exact) mass is 348 g/mol. The maximum atomic E-state index is 12.7. The molecule has 0 unspecified atom stereocenters. The van der Waals surface area contributed by atoms with E-state index in [1.54, 1.807) is 24.5 Å². The van der Waals surface area contributed by atoms with Crippen molar-refractivity contribution < 1.29 is 17.6 Å². The lowest BCUT2D eigenvalue weighted by Crippen LogP contribution is -2.48. The van der Waals surface area contributed by atoms with E-state index in [0.717, 1.165) is 31.1 Å². The number of hydrogen-bond acceptors (Lipinski definition) is 4. The fraction of sp³-hybridized carbons (Fsp3) is 0.353. The molecule has 1 saturated carbocycles. The molecule has 0 bridgehead atoms. The second-order valence-corrected chi connectivity index (χ2v) is 7.90. The molecule has 0 atom stereocenters. The van der Waals surface area contributed by atoms with Crippen molar-refractivity contribution >= 4 is 21.6 Å². The molecule has 3 rings (SSSR count). The molecular weight excluding hydrogens is 328 g/mol. The fourth-order valence-electron chi connectivity index (χ4n) is 3.00. The van der Waals surface area contributed by atoms with Crippen LogP contribution in [0.4, 0.5) is 5.69 Å². The molecule has 1 aromatic heterocycles. The molecular formula is C17H20N2O4S. The number of carbonyl (C=O) groups is 1. The SMILES string of the molecule is CS(=O)(=O)Nc1ccc(C2(C(=O)NCc3ccco3)CCC2)cc1. The molecule has 0 radical (unpaired) electrons. The highest BCUT2D eigenvalue weighted by Crippen LogP contribution is 2.44. The van der Waals surface area contributed by atoms with E-state index >= 15 is 0 Å². The summed E-state index contributed by atoms with van der Waals surface area (Å²) in [6, 6.07) is 10.6. The van der Waals surface area contributed by atoms with Crippen LogP contribution in [-0.2, 0) is 26.8 Å². The summed E-state index contributed by atoms with van der Waals surface area (Å²) in [6.07, 6.45) is 5.26. The lowest BCUT2D eigenvalue weighted by Gasteiger charge is -2.40. The van der Waals surface area contributed by atoms with Gasteiger partial charge in [-0.3, -0.25) is 9.52 Å². The van der Waals surface area contributed by atoms with Crippen molar-refractivity contribution in [2.45, 2.75) is 31.2 Å². The molecule has 0 spiro atoms. The lowest BCUT2D eigenvalue weighted by molar-refractivity contribution is -0.130. The number of sulfonamides is 1. The first-order valence-electron chi connectivity index (χ1n) is 7.78. The van der Waals surface area contributed by atoms with E-state index in [4.69, 9.17) is 4.42 Å². The second-order valence-electron chi connectivity index (χ2n) is 6.15. The summed E-state index contributed by atoms with van der Waals surface area (Å²) in [5.74, 6) is 0.694. The first-order chi connectivity index (χ1) is 11.4. The maximum Gasteiger partial charge on any atom is 0.231 e. The molecule has 2 N–H and O–H groups in total. The Morgan fingerprint density at radius 3 is 2.42 bits per heavy atom. The van der Waals surface area contributed by atoms with Crippen molar-refractivity contribution in [2.24, 2.45) is 0 Å². The van der Waals surface area contributed by atoms with Crippen molar-refractivity contribution in [3.05, 3.63) is 54.0 Å². The third-order valence-electron chi connectivity index (χ3n) is 4.39. The molecule has 7 heteroatoms. The van der Waals surface area contributed by atoms with Gasteiger partial charge in [-0.25, -0.2) is 8.42 Å². The molecule has 0 aliphatic heterocycles. The van der Waals surface area contributed by atoms with Gasteiger partial charge in [0.15, 0.2) is 0 Å². The van der Waals surface area contributed by atoms with Gasteiger partial charge < -0.3 is 9.73 Å². The molecule has 128 valence electrons. The Morgan fingerprint density at radius 2 is 1.92 bits per heavy atom. The van der Waals surface area contributed by atoms with E-state index < -0.39 is 15.4 Å². The zero-order chi connectivity index (χ0) is 17.2. The number of anilines is 1. The maximum absolute atomic E-state index is 12.7. The Balaban J connectivity index is 1.73. The molecule has 1 amide bonds. The molecule has 1 aromatic carbocycles. The van der Waals surface area contributed by atoms with Crippen molar-refractivity contribution in [3.8, 4) is 0 Å². The van der Waals surface area contributed by atoms with Gasteiger partial charge in [0.25, 0.3) is 0 Å². The molecule has 1 aliphatic carbocycles. The summed E-state index contributed by atoms with van der Waals surface area (Å²) in [4.78, 5) is 12.7. The summed E-state index contributed by atoms with van der Waals surface area (Å²) in [5, 5.41) is 2.93. The highest BCUT2D eigenvalue weighted by molar-refractivity contribution is 7.92. The average molecular weight is 348 g/mol. The zero-order valence-corrected chi connectivity index (χ0v) is 14.2. The van der Waals surface area contributed by atoms with Gasteiger partial charge >= 0.3 is 0 Å². The minimum atomic E-state index is -3.31. The van der Waals surface area contributed by atoms with E-state index in [0.29, 0.717) is 18.0 Å². The van der Waals surface area contributed by atoms with Crippen LogP contribution in [-0.4, -0.2) is 20.6 Å². The molecule has 1 fully saturated rings. The standard InChI is InChI=1S/C17H20N2O4S/c1-24(21,22)19-14-7-5-13(6-8-14)17(9-3-10-17)16(20)18-12-15-4-2-11-23-15/h2,4-8,11,19H,3,9-10,12H2,1H3,(H,18,20). The van der Waals surface area contributed by atoms with Gasteiger partial charge in [0, 0.05) is 5.69 Å². The van der Waals surface area contributed by atoms with Gasteiger partial charge in [-0.1, -0.05) is 18.6 Å². The van der Waals surface area contributed by atoms with Crippen molar-refractivity contribution in [1.29, 1.82) is 0 Å². The van der Waals surface area contributed by atoms with Gasteiger partial charge in [0.05, 0.1) is 24.5 Å². The van der Waals surface area contributed by atoms with Crippen LogP contribution in [0.15, 0.2) is 47.1 Å². The van der Waals surface area contributed by atoms with E-state index in [1.807, 2.05) is 18.2 Å². The van der Waals surface area contributed by atoms with Crippen LogP contribution >= 0.6 is 0 Å². The number of furan rings is 1. The third-order valence-corrected chi connectivity index (χ3v) is 4.99. The Kier molecular flexibility index (Phi) is 4.36. The number of benzene rings is 1. The summed E-state index contributed by atoms with van der Waals surface area (Å²) in [6.45, 7) is 0.362. The molecule has 1 aliphatic rings. The van der Waals surface area contributed by atoms with Crippen LogP contribution in [0.25, 0.3) is 0 Å². The highest BCUT2D eigenvalue weighted by atomic mass is 32.2. The van der Waals surface area contributed by atoms with Gasteiger partial charge in [-0.05, 0) is 42.7 Å². The number of hydrogen-bond donors (Lipinski definition) is 2. The minimum Gasteiger partial charge on any atom is -0.467 e. The summed E-state index contributed by atoms with van der Waals surface area (Å²) in [7, 11) is -3.31. The lowest BCUT2D eigenvalue weighted by atomic mass is 9.64. The quantitative estimate of drug-likeness (QED) is 0.839. The summed E-state index contributed by atoms with van der Waals surface area (Å²) >= 11 is 0. The Bertz CT molecular complexity index is 807. The van der Waals surface area contributed by atoms with E-state index in [9.17, 15) is 13.2 Å². The van der Waals surface area contributed by atoms with E-state index in [2.05, 4.69) is 10.0 Å². The van der Waals surface area contributed by atoms with Crippen LogP contribution < -0.4 is 10.0 Å². The summed E-state index contributed by atoms with van der Waals surface area (Å²) < 4.78 is 30.2. The van der Waals surface area contributed by atoms with Crippen LogP contribution in [0.1, 0.15) is 30.6 Å². The van der Waals surface area contributed by atoms with Gasteiger partial charge in [0.2, 0.25) is 15.9 Å². The normalized spacial score (nSPS) is 16.2. The van der Waals surface area contributed by atoms with Crippen LogP contribution in [0, 0.1) is 0 Å². The first kappa shape index (κ1) is 16.6. The van der Waals surface area contributed by atoms with Crippen molar-refractivity contribution in [1.82, 2.24) is 5.32 Å². The van der Waals surface area contributed by atoms with Crippen LogP contribution in [0.5, 0.6) is 0 Å². The average Bonchev–Trinajstić information content (AvgIpc) is 2.97. The fourth-order valence-corrected chi connectivity index (χ4v) is 3.56. The Morgan fingerprint density at radius 1 is 1.21 bits per heavy atom.